The van der Waals surface area contributed by atoms with Gasteiger partial charge >= 0.3 is 5.97 Å². The molecule has 0 saturated heterocycles. The van der Waals surface area contributed by atoms with E-state index < -0.39 is 5.97 Å². The number of carboxylic acid groups (broad SMARTS) is 1. The Hall–Kier alpha value is -0.910. The molecular weight excluding hydrogens is 202 g/mol. The lowest BCUT2D eigenvalue weighted by Crippen LogP contribution is -1.99. The highest BCUT2D eigenvalue weighted by Gasteiger charge is 2.12. The summed E-state index contributed by atoms with van der Waals surface area (Å²) in [6.07, 6.45) is 0. The molecule has 1 heterocycles. The summed E-state index contributed by atoms with van der Waals surface area (Å²) >= 11 is 2.88. The van der Waals surface area contributed by atoms with E-state index in [2.05, 4.69) is 26.3 Å². The van der Waals surface area contributed by atoms with Gasteiger partial charge in [-0.3, -0.25) is 0 Å². The summed E-state index contributed by atoms with van der Waals surface area (Å²) in [5.41, 5.74) is 0.362. The first-order valence-corrected chi connectivity index (χ1v) is 3.15. The molecule has 0 saturated carbocycles. The number of hydrogen-bond donors (Lipinski definition) is 1. The minimum absolute atomic E-state index is 0.0307. The lowest BCUT2D eigenvalue weighted by Gasteiger charge is -1.81. The van der Waals surface area contributed by atoms with Crippen molar-refractivity contribution >= 4 is 22.1 Å². The largest absolute Gasteiger partial charge is 0.476 e. The molecule has 54 valence electrons. The van der Waals surface area contributed by atoms with Gasteiger partial charge in [-0.15, -0.1) is 14.0 Å². The first kappa shape index (κ1) is 7.20. The zero-order chi connectivity index (χ0) is 7.72. The van der Waals surface area contributed by atoms with Crippen LogP contribution < -0.4 is 0 Å². The Morgan fingerprint density at radius 3 is 2.50 bits per heavy atom. The Morgan fingerprint density at radius 2 is 2.30 bits per heavy atom. The molecule has 0 aromatic carbocycles. The minimum atomic E-state index is -1.07. The first-order valence-electron chi connectivity index (χ1n) is 2.44. The molecule has 0 aliphatic heterocycles. The van der Waals surface area contributed by atoms with E-state index in [1.165, 1.54) is 0 Å². The molecule has 10 heavy (non-hydrogen) atoms. The first-order chi connectivity index (χ1) is 4.61. The smallest absolute Gasteiger partial charge is 0.358 e. The molecule has 0 unspecified atom stereocenters. The second-order valence-corrected chi connectivity index (χ2v) is 2.31. The molecule has 0 radical (unpaired) electrons. The lowest BCUT2D eigenvalue weighted by atomic mass is 10.4. The normalized spacial score (nSPS) is 9.80. The van der Waals surface area contributed by atoms with E-state index in [0.29, 0.717) is 5.69 Å². The van der Waals surface area contributed by atoms with Crippen molar-refractivity contribution in [2.75, 3.05) is 0 Å². The number of rotatable bonds is 1. The van der Waals surface area contributed by atoms with E-state index in [0.717, 1.165) is 3.82 Å². The molecule has 0 atom stereocenters. The van der Waals surface area contributed by atoms with E-state index in [-0.39, 0.29) is 5.69 Å². The molecule has 1 rings (SSSR count). The van der Waals surface area contributed by atoms with Crippen molar-refractivity contribution in [3.05, 3.63) is 11.4 Å². The molecule has 0 spiro atoms. The molecule has 1 aromatic rings. The molecule has 0 fully saturated rings. The molecular formula is C4H4BrN3O2. The third-order valence-corrected chi connectivity index (χ3v) is 1.28. The lowest BCUT2D eigenvalue weighted by molar-refractivity contribution is 0.0689. The van der Waals surface area contributed by atoms with Gasteiger partial charge in [0.25, 0.3) is 0 Å². The quantitative estimate of drug-likeness (QED) is 0.723. The number of halogens is 1. The summed E-state index contributed by atoms with van der Waals surface area (Å²) in [6.45, 7) is 1.58. The Labute approximate surface area is 65.0 Å². The Morgan fingerprint density at radius 1 is 1.70 bits per heavy atom. The van der Waals surface area contributed by atoms with Crippen LogP contribution in [-0.4, -0.2) is 25.1 Å². The van der Waals surface area contributed by atoms with Crippen LogP contribution in [0.15, 0.2) is 0 Å². The SMILES string of the molecule is Cc1nn(Br)nc1C(=O)O. The average Bonchev–Trinajstić information content (AvgIpc) is 2.10. The van der Waals surface area contributed by atoms with Crippen LogP contribution in [0.1, 0.15) is 16.2 Å². The van der Waals surface area contributed by atoms with Crippen LogP contribution in [0.4, 0.5) is 0 Å². The van der Waals surface area contributed by atoms with Gasteiger partial charge in [0.15, 0.2) is 5.69 Å². The van der Waals surface area contributed by atoms with Gasteiger partial charge in [-0.05, 0) is 6.92 Å². The van der Waals surface area contributed by atoms with Gasteiger partial charge in [0, 0.05) is 0 Å². The third-order valence-electron chi connectivity index (χ3n) is 0.960. The van der Waals surface area contributed by atoms with Crippen molar-refractivity contribution in [3.63, 3.8) is 0 Å². The van der Waals surface area contributed by atoms with Gasteiger partial charge in [-0.2, -0.15) is 0 Å². The maximum absolute atomic E-state index is 10.3. The summed E-state index contributed by atoms with van der Waals surface area (Å²) in [7, 11) is 0. The number of carbonyl (C=O) groups is 1. The molecule has 0 bridgehead atoms. The fourth-order valence-electron chi connectivity index (χ4n) is 0.546. The van der Waals surface area contributed by atoms with Crippen molar-refractivity contribution < 1.29 is 9.90 Å². The van der Waals surface area contributed by atoms with Gasteiger partial charge < -0.3 is 5.11 Å². The van der Waals surface area contributed by atoms with Crippen molar-refractivity contribution in [1.29, 1.82) is 0 Å². The average molecular weight is 206 g/mol. The van der Waals surface area contributed by atoms with Gasteiger partial charge in [0.2, 0.25) is 0 Å². The molecule has 1 aromatic heterocycles. The highest BCUT2D eigenvalue weighted by molar-refractivity contribution is 9.08. The summed E-state index contributed by atoms with van der Waals surface area (Å²) in [5, 5.41) is 15.6. The summed E-state index contributed by atoms with van der Waals surface area (Å²) in [4.78, 5) is 10.3. The molecule has 5 nitrogen and oxygen atoms in total. The van der Waals surface area contributed by atoms with Crippen molar-refractivity contribution in [3.8, 4) is 0 Å². The van der Waals surface area contributed by atoms with Gasteiger partial charge in [0.1, 0.15) is 0 Å². The fourth-order valence-corrected chi connectivity index (χ4v) is 0.942. The van der Waals surface area contributed by atoms with E-state index >= 15 is 0 Å². The van der Waals surface area contributed by atoms with Crippen molar-refractivity contribution in [1.82, 2.24) is 14.0 Å². The second kappa shape index (κ2) is 2.37. The summed E-state index contributed by atoms with van der Waals surface area (Å²) in [5.74, 6) is -1.07. The van der Waals surface area contributed by atoms with Crippen LogP contribution in [0.25, 0.3) is 0 Å². The monoisotopic (exact) mass is 205 g/mol. The van der Waals surface area contributed by atoms with Gasteiger partial charge in [-0.1, -0.05) is 0 Å². The van der Waals surface area contributed by atoms with Crippen LogP contribution in [0.2, 0.25) is 0 Å². The number of aromatic carboxylic acids is 1. The Bertz CT molecular complexity index is 269. The molecule has 6 heteroatoms. The van der Waals surface area contributed by atoms with Gasteiger partial charge in [-0.25, -0.2) is 4.79 Å². The van der Waals surface area contributed by atoms with E-state index in [1.54, 1.807) is 6.92 Å². The molecule has 0 aliphatic carbocycles. The topological polar surface area (TPSA) is 68.0 Å². The Balaban J connectivity index is 3.15. The number of carboxylic acids is 1. The predicted molar refractivity (Wildman–Crippen MR) is 36.0 cm³/mol. The number of hydrogen-bond acceptors (Lipinski definition) is 3. The summed E-state index contributed by atoms with van der Waals surface area (Å²) < 4.78 is 1.05. The van der Waals surface area contributed by atoms with Crippen LogP contribution in [-0.2, 0) is 0 Å². The van der Waals surface area contributed by atoms with E-state index in [1.807, 2.05) is 0 Å². The third kappa shape index (κ3) is 1.15. The molecule has 0 amide bonds. The number of aryl methyl sites for hydroxylation is 1. The van der Waals surface area contributed by atoms with Crippen LogP contribution in [0, 0.1) is 6.92 Å². The number of aromatic nitrogens is 3. The zero-order valence-electron chi connectivity index (χ0n) is 5.08. The molecule has 1 N–H and O–H groups in total. The van der Waals surface area contributed by atoms with Crippen molar-refractivity contribution in [2.24, 2.45) is 0 Å². The maximum atomic E-state index is 10.3. The minimum Gasteiger partial charge on any atom is -0.476 e. The highest BCUT2D eigenvalue weighted by atomic mass is 79.9. The second-order valence-electron chi connectivity index (χ2n) is 1.68. The van der Waals surface area contributed by atoms with Crippen molar-refractivity contribution in [2.45, 2.75) is 6.92 Å². The fraction of sp³-hybridized carbons (Fsp3) is 0.250. The van der Waals surface area contributed by atoms with Gasteiger partial charge in [0.05, 0.1) is 21.8 Å². The summed E-state index contributed by atoms with van der Waals surface area (Å²) in [6, 6.07) is 0. The standard InChI is InChI=1S/C4H4BrN3O2/c1-2-3(4(9)10)7-8(5)6-2/h1H3,(H,9,10). The van der Waals surface area contributed by atoms with Crippen LogP contribution >= 0.6 is 16.1 Å². The van der Waals surface area contributed by atoms with E-state index in [9.17, 15) is 4.79 Å². The van der Waals surface area contributed by atoms with E-state index in [4.69, 9.17) is 5.11 Å². The maximum Gasteiger partial charge on any atom is 0.358 e. The molecule has 0 aliphatic rings. The van der Waals surface area contributed by atoms with Crippen LogP contribution in [0.5, 0.6) is 0 Å². The van der Waals surface area contributed by atoms with Crippen LogP contribution in [0.3, 0.4) is 0 Å². The highest BCUT2D eigenvalue weighted by Crippen LogP contribution is 2.01. The Kier molecular flexibility index (Phi) is 1.71. The number of nitrogens with zero attached hydrogens (tertiary/aromatic N) is 3. The zero-order valence-corrected chi connectivity index (χ0v) is 6.66. The predicted octanol–water partition coefficient (Wildman–Crippen LogP) is 0.443.